The average Bonchev–Trinajstić information content (AvgIpc) is 2.39. The number of anilines is 2. The Labute approximate surface area is 110 Å². The fourth-order valence-corrected chi connectivity index (χ4v) is 1.91. The molecule has 0 aromatic heterocycles. The van der Waals surface area contributed by atoms with Gasteiger partial charge in [0.1, 0.15) is 12.2 Å². The molecular formula is C13H13N3O3. The summed E-state index contributed by atoms with van der Waals surface area (Å²) in [5, 5.41) is 11.0. The van der Waals surface area contributed by atoms with Crippen LogP contribution in [0.3, 0.4) is 0 Å². The van der Waals surface area contributed by atoms with Crippen LogP contribution in [0.1, 0.15) is 13.3 Å². The van der Waals surface area contributed by atoms with E-state index in [1.165, 1.54) is 0 Å². The van der Waals surface area contributed by atoms with Crippen molar-refractivity contribution in [2.75, 3.05) is 23.4 Å². The highest BCUT2D eigenvalue weighted by atomic mass is 16.5. The summed E-state index contributed by atoms with van der Waals surface area (Å²) < 4.78 is 5.34. The van der Waals surface area contributed by atoms with Crippen LogP contribution in [0.4, 0.5) is 11.4 Å². The molecule has 0 saturated carbocycles. The zero-order chi connectivity index (χ0) is 13.8. The molecule has 0 saturated heterocycles. The molecule has 1 heterocycles. The molecule has 0 atom stereocenters. The number of nitrogens with one attached hydrogen (secondary N) is 1. The van der Waals surface area contributed by atoms with Crippen molar-refractivity contribution in [2.24, 2.45) is 0 Å². The van der Waals surface area contributed by atoms with Gasteiger partial charge >= 0.3 is 0 Å². The molecule has 2 rings (SSSR count). The van der Waals surface area contributed by atoms with E-state index in [4.69, 9.17) is 10.00 Å². The van der Waals surface area contributed by atoms with E-state index in [-0.39, 0.29) is 24.8 Å². The van der Waals surface area contributed by atoms with Crippen LogP contribution in [0.15, 0.2) is 18.2 Å². The number of rotatable bonds is 3. The summed E-state index contributed by atoms with van der Waals surface area (Å²) in [5.74, 6) is 0.0918. The van der Waals surface area contributed by atoms with E-state index in [0.717, 1.165) is 0 Å². The van der Waals surface area contributed by atoms with E-state index in [1.807, 2.05) is 6.92 Å². The van der Waals surface area contributed by atoms with Crippen molar-refractivity contribution >= 4 is 23.2 Å². The number of amides is 2. The SMILES string of the molecule is CCN1C(=O)COc2cc(NC(=O)CC#N)ccc21. The number of benzene rings is 1. The Kier molecular flexibility index (Phi) is 3.66. The fraction of sp³-hybridized carbons (Fsp3) is 0.308. The van der Waals surface area contributed by atoms with Gasteiger partial charge in [-0.15, -0.1) is 0 Å². The molecule has 1 aliphatic heterocycles. The van der Waals surface area contributed by atoms with Crippen molar-refractivity contribution in [3.8, 4) is 11.8 Å². The first-order chi connectivity index (χ1) is 9.15. The Morgan fingerprint density at radius 2 is 2.37 bits per heavy atom. The topological polar surface area (TPSA) is 82.4 Å². The minimum Gasteiger partial charge on any atom is -0.481 e. The van der Waals surface area contributed by atoms with Crippen LogP contribution in [0, 0.1) is 11.3 Å². The minimum atomic E-state index is -0.373. The summed E-state index contributed by atoms with van der Waals surface area (Å²) in [6.07, 6.45) is -0.197. The van der Waals surface area contributed by atoms with Crippen LogP contribution in [0.2, 0.25) is 0 Å². The quantitative estimate of drug-likeness (QED) is 0.886. The first kappa shape index (κ1) is 12.9. The predicted molar refractivity (Wildman–Crippen MR) is 68.8 cm³/mol. The van der Waals surface area contributed by atoms with E-state index in [2.05, 4.69) is 5.32 Å². The largest absolute Gasteiger partial charge is 0.481 e. The molecule has 0 radical (unpaired) electrons. The second kappa shape index (κ2) is 5.40. The Bertz CT molecular complexity index is 563. The Balaban J connectivity index is 2.23. The van der Waals surface area contributed by atoms with E-state index in [0.29, 0.717) is 23.7 Å². The van der Waals surface area contributed by atoms with Crippen molar-refractivity contribution in [1.82, 2.24) is 0 Å². The second-order valence-corrected chi connectivity index (χ2v) is 3.99. The number of hydrogen-bond donors (Lipinski definition) is 1. The molecule has 1 aromatic rings. The highest BCUT2D eigenvalue weighted by Gasteiger charge is 2.24. The van der Waals surface area contributed by atoms with E-state index in [1.54, 1.807) is 29.2 Å². The number of hydrogen-bond acceptors (Lipinski definition) is 4. The number of ether oxygens (including phenoxy) is 1. The molecule has 1 aromatic carbocycles. The maximum atomic E-state index is 11.6. The monoisotopic (exact) mass is 259 g/mol. The molecule has 0 bridgehead atoms. The van der Waals surface area contributed by atoms with Crippen molar-refractivity contribution < 1.29 is 14.3 Å². The molecule has 1 N–H and O–H groups in total. The number of nitriles is 1. The molecule has 0 fully saturated rings. The van der Waals surface area contributed by atoms with E-state index < -0.39 is 0 Å². The van der Waals surface area contributed by atoms with Gasteiger partial charge in [0.05, 0.1) is 11.8 Å². The van der Waals surface area contributed by atoms with Crippen LogP contribution in [0.25, 0.3) is 0 Å². The first-order valence-electron chi connectivity index (χ1n) is 5.89. The predicted octanol–water partition coefficient (Wildman–Crippen LogP) is 1.28. The highest BCUT2D eigenvalue weighted by molar-refractivity contribution is 5.99. The smallest absolute Gasteiger partial charge is 0.265 e. The Morgan fingerprint density at radius 1 is 1.58 bits per heavy atom. The molecule has 6 nitrogen and oxygen atoms in total. The third kappa shape index (κ3) is 2.65. The second-order valence-electron chi connectivity index (χ2n) is 3.99. The molecule has 1 aliphatic rings. The lowest BCUT2D eigenvalue weighted by atomic mass is 10.2. The highest BCUT2D eigenvalue weighted by Crippen LogP contribution is 2.34. The molecule has 0 aliphatic carbocycles. The lowest BCUT2D eigenvalue weighted by Crippen LogP contribution is -2.38. The Morgan fingerprint density at radius 3 is 3.05 bits per heavy atom. The van der Waals surface area contributed by atoms with Gasteiger partial charge in [-0.3, -0.25) is 9.59 Å². The third-order valence-corrected chi connectivity index (χ3v) is 2.74. The maximum Gasteiger partial charge on any atom is 0.265 e. The van der Waals surface area contributed by atoms with Gasteiger partial charge in [-0.05, 0) is 19.1 Å². The van der Waals surface area contributed by atoms with Crippen LogP contribution >= 0.6 is 0 Å². The normalized spacial score (nSPS) is 13.3. The van der Waals surface area contributed by atoms with Gasteiger partial charge in [-0.2, -0.15) is 5.26 Å². The van der Waals surface area contributed by atoms with Gasteiger partial charge < -0.3 is 15.0 Å². The van der Waals surface area contributed by atoms with E-state index >= 15 is 0 Å². The lowest BCUT2D eigenvalue weighted by Gasteiger charge is -2.28. The van der Waals surface area contributed by atoms with Crippen molar-refractivity contribution in [1.29, 1.82) is 5.26 Å². The van der Waals surface area contributed by atoms with Crippen LogP contribution < -0.4 is 15.0 Å². The molecule has 0 spiro atoms. The summed E-state index contributed by atoms with van der Waals surface area (Å²) in [4.78, 5) is 24.6. The number of carbonyl (C=O) groups is 2. The number of carbonyl (C=O) groups excluding carboxylic acids is 2. The van der Waals surface area contributed by atoms with E-state index in [9.17, 15) is 9.59 Å². The fourth-order valence-electron chi connectivity index (χ4n) is 1.91. The number of likely N-dealkylation sites (N-methyl/N-ethyl adjacent to an activating group) is 1. The van der Waals surface area contributed by atoms with Crippen LogP contribution in [-0.2, 0) is 9.59 Å². The van der Waals surface area contributed by atoms with Crippen molar-refractivity contribution in [3.05, 3.63) is 18.2 Å². The summed E-state index contributed by atoms with van der Waals surface area (Å²) in [6.45, 7) is 2.45. The molecule has 19 heavy (non-hydrogen) atoms. The van der Waals surface area contributed by atoms with Gasteiger partial charge in [0.25, 0.3) is 5.91 Å². The number of nitrogens with zero attached hydrogens (tertiary/aromatic N) is 2. The van der Waals surface area contributed by atoms with Crippen molar-refractivity contribution in [2.45, 2.75) is 13.3 Å². The average molecular weight is 259 g/mol. The zero-order valence-corrected chi connectivity index (χ0v) is 10.5. The summed E-state index contributed by atoms with van der Waals surface area (Å²) in [6, 6.07) is 6.83. The standard InChI is InChI=1S/C13H13N3O3/c1-2-16-10-4-3-9(15-12(17)5-6-14)7-11(10)19-8-13(16)18/h3-4,7H,2,5,8H2,1H3,(H,15,17). The van der Waals surface area contributed by atoms with Crippen LogP contribution in [-0.4, -0.2) is 25.0 Å². The third-order valence-electron chi connectivity index (χ3n) is 2.74. The molecule has 6 heteroatoms. The van der Waals surface area contributed by atoms with Gasteiger partial charge in [-0.25, -0.2) is 0 Å². The maximum absolute atomic E-state index is 11.6. The molecule has 2 amide bonds. The summed E-state index contributed by atoms with van der Waals surface area (Å²) in [7, 11) is 0. The Hall–Kier alpha value is -2.55. The van der Waals surface area contributed by atoms with Gasteiger partial charge in [0.2, 0.25) is 5.91 Å². The number of fused-ring (bicyclic) bond motifs is 1. The van der Waals surface area contributed by atoms with Gasteiger partial charge in [-0.1, -0.05) is 0 Å². The van der Waals surface area contributed by atoms with Crippen LogP contribution in [0.5, 0.6) is 5.75 Å². The van der Waals surface area contributed by atoms with Gasteiger partial charge in [0, 0.05) is 18.3 Å². The van der Waals surface area contributed by atoms with Crippen molar-refractivity contribution in [3.63, 3.8) is 0 Å². The lowest BCUT2D eigenvalue weighted by molar-refractivity contribution is -0.121. The molecule has 0 unspecified atom stereocenters. The summed E-state index contributed by atoms with van der Waals surface area (Å²) >= 11 is 0. The zero-order valence-electron chi connectivity index (χ0n) is 10.5. The molecular weight excluding hydrogens is 246 g/mol. The first-order valence-corrected chi connectivity index (χ1v) is 5.89. The van der Waals surface area contributed by atoms with Gasteiger partial charge in [0.15, 0.2) is 6.61 Å². The summed E-state index contributed by atoms with van der Waals surface area (Å²) in [5.41, 5.74) is 1.24. The minimum absolute atomic E-state index is 0.00354. The molecule has 98 valence electrons.